The van der Waals surface area contributed by atoms with Gasteiger partial charge in [-0.2, -0.15) is 5.10 Å². The van der Waals surface area contributed by atoms with Gasteiger partial charge in [-0.15, -0.1) is 0 Å². The topological polar surface area (TPSA) is 107 Å². The Bertz CT molecular complexity index is 1650. The van der Waals surface area contributed by atoms with E-state index in [0.29, 0.717) is 40.0 Å². The summed E-state index contributed by atoms with van der Waals surface area (Å²) >= 11 is 12.7. The van der Waals surface area contributed by atoms with Crippen LogP contribution in [-0.4, -0.2) is 82.5 Å². The minimum absolute atomic E-state index is 0.149. The molecule has 2 fully saturated rings. The number of piperazine rings is 1. The number of nitrogens with two attached hydrogens (primary N) is 1. The highest BCUT2D eigenvalue weighted by molar-refractivity contribution is 6.35. The summed E-state index contributed by atoms with van der Waals surface area (Å²) in [4.78, 5) is 14.1. The minimum atomic E-state index is -0.149. The van der Waals surface area contributed by atoms with E-state index in [1.54, 1.807) is 19.2 Å². The lowest BCUT2D eigenvalue weighted by atomic mass is 9.90. The predicted molar refractivity (Wildman–Crippen MR) is 170 cm³/mol. The van der Waals surface area contributed by atoms with Crippen LogP contribution >= 0.6 is 23.2 Å². The highest BCUT2D eigenvalue weighted by Crippen LogP contribution is 2.44. The van der Waals surface area contributed by atoms with Gasteiger partial charge in [-0.1, -0.05) is 29.3 Å². The Morgan fingerprint density at radius 1 is 1.00 bits per heavy atom. The molecule has 7 rings (SSSR count). The summed E-state index contributed by atoms with van der Waals surface area (Å²) in [6.45, 7) is 5.02. The van der Waals surface area contributed by atoms with Crippen LogP contribution in [0.2, 0.25) is 10.0 Å². The molecule has 2 aliphatic heterocycles. The third-order valence-electron chi connectivity index (χ3n) is 9.20. The lowest BCUT2D eigenvalue weighted by molar-refractivity contribution is 0.0815. The third-order valence-corrected chi connectivity index (χ3v) is 9.73. The summed E-state index contributed by atoms with van der Waals surface area (Å²) in [6, 6.07) is 10.3. The van der Waals surface area contributed by atoms with Gasteiger partial charge in [-0.25, -0.2) is 14.6 Å². The molecule has 0 spiro atoms. The Balaban J connectivity index is 1.16. The molecule has 3 aliphatic rings. The molecule has 0 amide bonds. The first kappa shape index (κ1) is 28.5. The second-order valence-electron chi connectivity index (χ2n) is 11.8. The number of hydrogen-bond donors (Lipinski definition) is 2. The molecule has 4 aromatic rings. The molecule has 0 bridgehead atoms. The van der Waals surface area contributed by atoms with Crippen molar-refractivity contribution < 1.29 is 9.47 Å². The van der Waals surface area contributed by atoms with Gasteiger partial charge in [0, 0.05) is 48.4 Å². The molecule has 1 atom stereocenters. The van der Waals surface area contributed by atoms with Gasteiger partial charge in [0.25, 0.3) is 0 Å². The Hall–Kier alpha value is -3.31. The molecule has 0 radical (unpaired) electrons. The zero-order chi connectivity index (χ0) is 29.7. The van der Waals surface area contributed by atoms with E-state index in [4.69, 9.17) is 43.5 Å². The Morgan fingerprint density at radius 2 is 1.77 bits per heavy atom. The number of nitrogens with one attached hydrogen (secondary N) is 1. The van der Waals surface area contributed by atoms with Crippen LogP contribution in [0.25, 0.3) is 22.3 Å². The third kappa shape index (κ3) is 5.35. The van der Waals surface area contributed by atoms with Crippen LogP contribution in [0.15, 0.2) is 36.7 Å². The number of nitrogen functional groups attached to an aromatic ring is 1. The van der Waals surface area contributed by atoms with Crippen LogP contribution < -0.4 is 20.5 Å². The standard InChI is InChI=1S/C31H36Cl2N8O2/c1-39-9-11-40(12-10-39)20-4-6-21(7-5-20)41-31-28(30(34)35-17-36-31)29(38-41)18-3-8-23(25(13-18)42-2)37-24-16-43-26-15-19(32)14-22(33)27(24)26/h3,8,13-15,17,20-21,24,37H,4-7,9-12,16H2,1-2H3,(H2,34,35,36)/t20?,21?,24-/m1/s1. The quantitative estimate of drug-likeness (QED) is 0.281. The molecule has 12 heteroatoms. The number of methoxy groups -OCH3 is 1. The van der Waals surface area contributed by atoms with Gasteiger partial charge in [-0.05, 0) is 57.0 Å². The average Bonchev–Trinajstić information content (AvgIpc) is 3.60. The Kier molecular flexibility index (Phi) is 7.71. The zero-order valence-corrected chi connectivity index (χ0v) is 25.9. The van der Waals surface area contributed by atoms with Gasteiger partial charge in [0.2, 0.25) is 0 Å². The molecular formula is C31H36Cl2N8O2. The van der Waals surface area contributed by atoms with Crippen LogP contribution in [0.1, 0.15) is 43.3 Å². The summed E-state index contributed by atoms with van der Waals surface area (Å²) in [6.07, 6.45) is 5.96. The van der Waals surface area contributed by atoms with Crippen molar-refractivity contribution in [1.29, 1.82) is 0 Å². The molecule has 1 saturated heterocycles. The molecular weight excluding hydrogens is 587 g/mol. The summed E-state index contributed by atoms with van der Waals surface area (Å²) in [5.74, 6) is 1.78. The number of benzene rings is 2. The van der Waals surface area contributed by atoms with Crippen molar-refractivity contribution in [2.75, 3.05) is 58.0 Å². The molecule has 2 aromatic carbocycles. The van der Waals surface area contributed by atoms with Crippen molar-refractivity contribution in [2.24, 2.45) is 0 Å². The fourth-order valence-electron chi connectivity index (χ4n) is 6.84. The largest absolute Gasteiger partial charge is 0.495 e. The van der Waals surface area contributed by atoms with E-state index in [1.807, 2.05) is 18.2 Å². The van der Waals surface area contributed by atoms with Crippen LogP contribution in [0.5, 0.6) is 11.5 Å². The first-order valence-electron chi connectivity index (χ1n) is 14.9. The maximum atomic E-state index is 6.53. The number of hydrogen-bond acceptors (Lipinski definition) is 9. The molecule has 226 valence electrons. The Labute approximate surface area is 261 Å². The number of nitrogens with zero attached hydrogens (tertiary/aromatic N) is 6. The normalized spacial score (nSPS) is 22.8. The highest BCUT2D eigenvalue weighted by Gasteiger charge is 2.32. The van der Waals surface area contributed by atoms with Crippen molar-refractivity contribution in [2.45, 2.75) is 43.8 Å². The molecule has 2 aromatic heterocycles. The van der Waals surface area contributed by atoms with Crippen molar-refractivity contribution in [3.05, 3.63) is 52.3 Å². The maximum absolute atomic E-state index is 6.53. The Morgan fingerprint density at radius 3 is 2.53 bits per heavy atom. The molecule has 1 saturated carbocycles. The second kappa shape index (κ2) is 11.6. The lowest BCUT2D eigenvalue weighted by Gasteiger charge is -2.41. The van der Waals surface area contributed by atoms with Crippen molar-refractivity contribution in [1.82, 2.24) is 29.5 Å². The van der Waals surface area contributed by atoms with Crippen LogP contribution in [-0.2, 0) is 0 Å². The zero-order valence-electron chi connectivity index (χ0n) is 24.4. The molecule has 3 N–H and O–H groups in total. The fraction of sp³-hybridized carbons (Fsp3) is 0.452. The van der Waals surface area contributed by atoms with Crippen molar-refractivity contribution >= 4 is 45.7 Å². The lowest BCUT2D eigenvalue weighted by Crippen LogP contribution is -2.49. The van der Waals surface area contributed by atoms with E-state index in [0.717, 1.165) is 85.4 Å². The van der Waals surface area contributed by atoms with E-state index >= 15 is 0 Å². The predicted octanol–water partition coefficient (Wildman–Crippen LogP) is 5.67. The number of aromatic nitrogens is 4. The maximum Gasteiger partial charge on any atom is 0.164 e. The highest BCUT2D eigenvalue weighted by atomic mass is 35.5. The van der Waals surface area contributed by atoms with Gasteiger partial charge >= 0.3 is 0 Å². The van der Waals surface area contributed by atoms with Crippen molar-refractivity contribution in [3.8, 4) is 22.8 Å². The number of ether oxygens (including phenoxy) is 2. The van der Waals surface area contributed by atoms with E-state index in [1.165, 1.54) is 6.33 Å². The fourth-order valence-corrected chi connectivity index (χ4v) is 7.45. The van der Waals surface area contributed by atoms with Gasteiger partial charge in [0.1, 0.15) is 35.9 Å². The molecule has 43 heavy (non-hydrogen) atoms. The average molecular weight is 624 g/mol. The van der Waals surface area contributed by atoms with Gasteiger partial charge in [0.05, 0.1) is 35.3 Å². The summed E-state index contributed by atoms with van der Waals surface area (Å²) in [7, 11) is 3.86. The summed E-state index contributed by atoms with van der Waals surface area (Å²) in [5, 5.41) is 10.6. The smallest absolute Gasteiger partial charge is 0.164 e. The number of rotatable bonds is 6. The number of halogens is 2. The van der Waals surface area contributed by atoms with Gasteiger partial charge in [0.15, 0.2) is 5.65 Å². The molecule has 0 unspecified atom stereocenters. The van der Waals surface area contributed by atoms with Crippen LogP contribution in [0, 0.1) is 0 Å². The summed E-state index contributed by atoms with van der Waals surface area (Å²) < 4.78 is 13.8. The van der Waals surface area contributed by atoms with Gasteiger partial charge in [-0.3, -0.25) is 4.90 Å². The molecule has 10 nitrogen and oxygen atoms in total. The molecule has 4 heterocycles. The number of fused-ring (bicyclic) bond motifs is 2. The van der Waals surface area contributed by atoms with E-state index in [-0.39, 0.29) is 12.1 Å². The number of anilines is 2. The van der Waals surface area contributed by atoms with Gasteiger partial charge < -0.3 is 25.4 Å². The monoisotopic (exact) mass is 622 g/mol. The second-order valence-corrected chi connectivity index (χ2v) is 12.6. The first-order valence-corrected chi connectivity index (χ1v) is 15.6. The van der Waals surface area contributed by atoms with Crippen LogP contribution in [0.4, 0.5) is 11.5 Å². The number of likely N-dealkylation sites (N-methyl/N-ethyl adjacent to an activating group) is 1. The molecule has 1 aliphatic carbocycles. The SMILES string of the molecule is COc1cc(-c2nn(C3CCC(N4CCN(C)CC4)CC3)c3ncnc(N)c23)ccc1N[C@@H]1COc2cc(Cl)cc(Cl)c21. The van der Waals surface area contributed by atoms with E-state index < -0.39 is 0 Å². The van der Waals surface area contributed by atoms with Crippen molar-refractivity contribution in [3.63, 3.8) is 0 Å². The summed E-state index contributed by atoms with van der Waals surface area (Å²) in [5.41, 5.74) is 10.6. The van der Waals surface area contributed by atoms with Crippen LogP contribution in [0.3, 0.4) is 0 Å². The van der Waals surface area contributed by atoms with E-state index in [9.17, 15) is 0 Å². The first-order chi connectivity index (χ1) is 20.9. The van der Waals surface area contributed by atoms with E-state index in [2.05, 4.69) is 36.8 Å². The minimum Gasteiger partial charge on any atom is -0.495 e.